The van der Waals surface area contributed by atoms with Crippen molar-refractivity contribution in [2.24, 2.45) is 0 Å². The number of ether oxygens (including phenoxy) is 1. The molecule has 0 amide bonds. The second-order valence-electron chi connectivity index (χ2n) is 7.88. The Hall–Kier alpha value is -2.42. The first-order valence-electron chi connectivity index (χ1n) is 11.6. The van der Waals surface area contributed by atoms with E-state index in [9.17, 15) is 4.79 Å². The molecule has 1 aromatic carbocycles. The summed E-state index contributed by atoms with van der Waals surface area (Å²) in [5.41, 5.74) is 2.39. The monoisotopic (exact) mass is 407 g/mol. The van der Waals surface area contributed by atoms with Crippen LogP contribution in [0.15, 0.2) is 67.0 Å². The summed E-state index contributed by atoms with van der Waals surface area (Å²) in [6.45, 7) is 0.325. The van der Waals surface area contributed by atoms with Crippen LogP contribution in [0.4, 0.5) is 0 Å². The predicted molar refractivity (Wildman–Crippen MR) is 124 cm³/mol. The molecule has 162 valence electrons. The molecule has 0 N–H and O–H groups in total. The molecule has 3 heteroatoms. The Balaban J connectivity index is 1.32. The van der Waals surface area contributed by atoms with Gasteiger partial charge in [0.2, 0.25) is 0 Å². The Morgan fingerprint density at radius 3 is 2.17 bits per heavy atom. The summed E-state index contributed by atoms with van der Waals surface area (Å²) in [4.78, 5) is 15.8. The summed E-state index contributed by atoms with van der Waals surface area (Å²) in [7, 11) is 0. The van der Waals surface area contributed by atoms with Gasteiger partial charge in [-0.05, 0) is 56.6 Å². The quantitative estimate of drug-likeness (QED) is 0.168. The van der Waals surface area contributed by atoms with E-state index in [0.29, 0.717) is 13.0 Å². The number of unbranched alkanes of at least 4 members (excludes halogenated alkanes) is 8. The topological polar surface area (TPSA) is 39.2 Å². The van der Waals surface area contributed by atoms with Gasteiger partial charge in [0.1, 0.15) is 6.61 Å². The van der Waals surface area contributed by atoms with Crippen molar-refractivity contribution in [1.29, 1.82) is 0 Å². The van der Waals surface area contributed by atoms with Crippen LogP contribution in [0.5, 0.6) is 0 Å². The average molecular weight is 408 g/mol. The number of nitrogens with zero attached hydrogens (tertiary/aromatic N) is 1. The number of rotatable bonds is 16. The zero-order valence-corrected chi connectivity index (χ0v) is 18.3. The van der Waals surface area contributed by atoms with E-state index in [-0.39, 0.29) is 5.97 Å². The molecule has 30 heavy (non-hydrogen) atoms. The molecule has 1 heterocycles. The lowest BCUT2D eigenvalue weighted by atomic mass is 10.1. The number of pyridine rings is 1. The second kappa shape index (κ2) is 16.4. The predicted octanol–water partition coefficient (Wildman–Crippen LogP) is 7.21. The molecule has 0 saturated heterocycles. The third-order valence-electron chi connectivity index (χ3n) is 5.22. The lowest BCUT2D eigenvalue weighted by Gasteiger charge is -2.04. The Bertz CT molecular complexity index is 697. The van der Waals surface area contributed by atoms with Crippen LogP contribution in [-0.4, -0.2) is 11.0 Å². The lowest BCUT2D eigenvalue weighted by molar-refractivity contribution is -0.145. The van der Waals surface area contributed by atoms with Gasteiger partial charge in [0.25, 0.3) is 0 Å². The molecule has 0 spiro atoms. The van der Waals surface area contributed by atoms with Crippen molar-refractivity contribution in [2.75, 3.05) is 0 Å². The SMILES string of the molecule is O=C(CCCCCCC/C=C\CCCCCc1ccccc1)OCc1cccnc1. The number of benzene rings is 1. The van der Waals surface area contributed by atoms with Crippen molar-refractivity contribution >= 4 is 5.97 Å². The molecule has 0 aliphatic carbocycles. The number of aromatic nitrogens is 1. The highest BCUT2D eigenvalue weighted by Gasteiger charge is 2.03. The molecule has 1 aromatic heterocycles. The van der Waals surface area contributed by atoms with E-state index in [1.807, 2.05) is 12.1 Å². The molecular formula is C27H37NO2. The van der Waals surface area contributed by atoms with Crippen LogP contribution < -0.4 is 0 Å². The number of hydrogen-bond acceptors (Lipinski definition) is 3. The van der Waals surface area contributed by atoms with Gasteiger partial charge < -0.3 is 4.74 Å². The van der Waals surface area contributed by atoms with Gasteiger partial charge in [0, 0.05) is 24.4 Å². The first kappa shape index (κ1) is 23.9. The number of allylic oxidation sites excluding steroid dienone is 2. The maximum Gasteiger partial charge on any atom is 0.306 e. The number of carbonyl (C=O) groups excluding carboxylic acids is 1. The summed E-state index contributed by atoms with van der Waals surface area (Å²) < 4.78 is 5.27. The van der Waals surface area contributed by atoms with Gasteiger partial charge in [-0.25, -0.2) is 0 Å². The highest BCUT2D eigenvalue weighted by molar-refractivity contribution is 5.69. The summed E-state index contributed by atoms with van der Waals surface area (Å²) in [6.07, 6.45) is 21.8. The zero-order chi connectivity index (χ0) is 21.1. The minimum Gasteiger partial charge on any atom is -0.461 e. The van der Waals surface area contributed by atoms with Crippen LogP contribution in [0.25, 0.3) is 0 Å². The van der Waals surface area contributed by atoms with Crippen molar-refractivity contribution in [1.82, 2.24) is 4.98 Å². The standard InChI is InChI=1S/C27H37NO2/c29-27(30-24-26-20-16-22-28-23-26)21-15-10-8-6-4-2-1-3-5-7-9-12-17-25-18-13-11-14-19-25/h1,3,11,13-14,16,18-20,22-23H,2,4-10,12,15,17,21,24H2/b3-1-. The van der Waals surface area contributed by atoms with Gasteiger partial charge in [-0.15, -0.1) is 0 Å². The number of esters is 1. The first-order chi connectivity index (χ1) is 14.8. The lowest BCUT2D eigenvalue weighted by Crippen LogP contribution is -2.04. The number of carbonyl (C=O) groups is 1. The van der Waals surface area contributed by atoms with Crippen molar-refractivity contribution < 1.29 is 9.53 Å². The fourth-order valence-corrected chi connectivity index (χ4v) is 3.43. The number of aryl methyl sites for hydroxylation is 1. The Morgan fingerprint density at radius 1 is 0.767 bits per heavy atom. The number of hydrogen-bond donors (Lipinski definition) is 0. The van der Waals surface area contributed by atoms with Crippen molar-refractivity contribution in [3.05, 3.63) is 78.1 Å². The first-order valence-corrected chi connectivity index (χ1v) is 11.6. The van der Waals surface area contributed by atoms with Gasteiger partial charge in [0.15, 0.2) is 0 Å². The molecule has 0 atom stereocenters. The van der Waals surface area contributed by atoms with E-state index < -0.39 is 0 Å². The van der Waals surface area contributed by atoms with Crippen LogP contribution >= 0.6 is 0 Å². The molecule has 0 unspecified atom stereocenters. The fraction of sp³-hybridized carbons (Fsp3) is 0.481. The molecule has 0 aliphatic rings. The van der Waals surface area contributed by atoms with E-state index in [2.05, 4.69) is 47.5 Å². The maximum absolute atomic E-state index is 11.7. The highest BCUT2D eigenvalue weighted by atomic mass is 16.5. The molecule has 2 aromatic rings. The van der Waals surface area contributed by atoms with Crippen LogP contribution in [0.2, 0.25) is 0 Å². The largest absolute Gasteiger partial charge is 0.461 e. The zero-order valence-electron chi connectivity index (χ0n) is 18.3. The van der Waals surface area contributed by atoms with E-state index in [1.165, 1.54) is 63.4 Å². The third-order valence-corrected chi connectivity index (χ3v) is 5.22. The van der Waals surface area contributed by atoms with Crippen LogP contribution in [0, 0.1) is 0 Å². The normalized spacial score (nSPS) is 11.1. The molecular weight excluding hydrogens is 370 g/mol. The van der Waals surface area contributed by atoms with Crippen LogP contribution in [0.3, 0.4) is 0 Å². The summed E-state index contributed by atoms with van der Waals surface area (Å²) in [5, 5.41) is 0. The summed E-state index contributed by atoms with van der Waals surface area (Å²) in [6, 6.07) is 14.5. The van der Waals surface area contributed by atoms with Gasteiger partial charge >= 0.3 is 5.97 Å². The molecule has 3 nitrogen and oxygen atoms in total. The molecule has 0 radical (unpaired) electrons. The van der Waals surface area contributed by atoms with E-state index in [0.717, 1.165) is 18.4 Å². The maximum atomic E-state index is 11.7. The van der Waals surface area contributed by atoms with E-state index in [4.69, 9.17) is 4.74 Å². The van der Waals surface area contributed by atoms with Crippen LogP contribution in [0.1, 0.15) is 81.8 Å². The smallest absolute Gasteiger partial charge is 0.306 e. The van der Waals surface area contributed by atoms with Crippen LogP contribution in [-0.2, 0) is 22.6 Å². The van der Waals surface area contributed by atoms with Gasteiger partial charge in [-0.2, -0.15) is 0 Å². The Morgan fingerprint density at radius 2 is 1.43 bits per heavy atom. The second-order valence-corrected chi connectivity index (χ2v) is 7.88. The summed E-state index contributed by atoms with van der Waals surface area (Å²) >= 11 is 0. The molecule has 0 saturated carbocycles. The van der Waals surface area contributed by atoms with Crippen molar-refractivity contribution in [3.8, 4) is 0 Å². The van der Waals surface area contributed by atoms with Gasteiger partial charge in [0.05, 0.1) is 0 Å². The molecule has 0 bridgehead atoms. The van der Waals surface area contributed by atoms with Crippen molar-refractivity contribution in [3.63, 3.8) is 0 Å². The van der Waals surface area contributed by atoms with Crippen molar-refractivity contribution in [2.45, 2.75) is 83.7 Å². The minimum absolute atomic E-state index is 0.106. The third kappa shape index (κ3) is 12.2. The average Bonchev–Trinajstić information content (AvgIpc) is 2.79. The molecule has 0 fully saturated rings. The Labute approximate surface area is 182 Å². The molecule has 2 rings (SSSR count). The Kier molecular flexibility index (Phi) is 13.0. The summed E-state index contributed by atoms with van der Waals surface area (Å²) in [5.74, 6) is -0.106. The van der Waals surface area contributed by atoms with Gasteiger partial charge in [-0.1, -0.05) is 74.2 Å². The molecule has 0 aliphatic heterocycles. The van der Waals surface area contributed by atoms with E-state index in [1.54, 1.807) is 12.4 Å². The van der Waals surface area contributed by atoms with E-state index >= 15 is 0 Å². The minimum atomic E-state index is -0.106. The highest BCUT2D eigenvalue weighted by Crippen LogP contribution is 2.11. The van der Waals surface area contributed by atoms with Gasteiger partial charge in [-0.3, -0.25) is 9.78 Å². The fourth-order valence-electron chi connectivity index (χ4n) is 3.43.